The average Bonchev–Trinajstić information content (AvgIpc) is 3.05. The summed E-state index contributed by atoms with van der Waals surface area (Å²) in [5.74, 6) is 0.236. The van der Waals surface area contributed by atoms with E-state index in [4.69, 9.17) is 0 Å². The summed E-state index contributed by atoms with van der Waals surface area (Å²) in [6.45, 7) is 6.10. The maximum absolute atomic E-state index is 13.0. The van der Waals surface area contributed by atoms with Crippen molar-refractivity contribution in [2.24, 2.45) is 0 Å². The third-order valence-corrected chi connectivity index (χ3v) is 4.83. The topological polar surface area (TPSA) is 60.7 Å². The van der Waals surface area contributed by atoms with Crippen LogP contribution in [0.3, 0.4) is 0 Å². The number of allylic oxidation sites excluding steroid dienone is 1. The van der Waals surface area contributed by atoms with Crippen LogP contribution in [-0.2, 0) is 6.54 Å². The quantitative estimate of drug-likeness (QED) is 0.358. The molecule has 0 bridgehead atoms. The zero-order chi connectivity index (χ0) is 18.5. The first-order valence-corrected chi connectivity index (χ1v) is 8.89. The van der Waals surface area contributed by atoms with Gasteiger partial charge in [-0.15, -0.1) is 16.8 Å². The highest BCUT2D eigenvalue weighted by Gasteiger charge is 2.21. The first-order valence-electron chi connectivity index (χ1n) is 8.01. The van der Waals surface area contributed by atoms with Gasteiger partial charge in [0.1, 0.15) is 5.82 Å². The highest BCUT2D eigenvalue weighted by Crippen LogP contribution is 2.28. The second-order valence-electron chi connectivity index (χ2n) is 5.57. The number of hydrogen-bond donors (Lipinski definition) is 0. The number of Topliss-reactive ketones (excluding diaryl/α,β-unsaturated/α-hetero) is 1. The van der Waals surface area contributed by atoms with Crippen LogP contribution in [0.15, 0.2) is 66.6 Å². The van der Waals surface area contributed by atoms with Crippen molar-refractivity contribution in [3.8, 4) is 11.4 Å². The van der Waals surface area contributed by atoms with Crippen molar-refractivity contribution in [2.45, 2.75) is 23.9 Å². The molecule has 1 atom stereocenters. The van der Waals surface area contributed by atoms with Gasteiger partial charge in [0.05, 0.1) is 5.25 Å². The fourth-order valence-electron chi connectivity index (χ4n) is 2.44. The third kappa shape index (κ3) is 3.88. The van der Waals surface area contributed by atoms with E-state index in [0.29, 0.717) is 23.1 Å². The van der Waals surface area contributed by atoms with Crippen LogP contribution in [0.1, 0.15) is 17.3 Å². The second kappa shape index (κ2) is 8.05. The number of aromatic nitrogens is 4. The van der Waals surface area contributed by atoms with Crippen LogP contribution < -0.4 is 0 Å². The lowest BCUT2D eigenvalue weighted by molar-refractivity contribution is 0.0994. The van der Waals surface area contributed by atoms with Gasteiger partial charge in [-0.05, 0) is 43.3 Å². The summed E-state index contributed by atoms with van der Waals surface area (Å²) in [6, 6.07) is 9.26. The molecule has 0 aliphatic carbocycles. The van der Waals surface area contributed by atoms with E-state index in [1.807, 2.05) is 16.7 Å². The highest BCUT2D eigenvalue weighted by molar-refractivity contribution is 8.00. The van der Waals surface area contributed by atoms with Crippen LogP contribution in [0.25, 0.3) is 11.4 Å². The maximum atomic E-state index is 13.0. The highest BCUT2D eigenvalue weighted by atomic mass is 32.2. The lowest BCUT2D eigenvalue weighted by atomic mass is 10.1. The van der Waals surface area contributed by atoms with Gasteiger partial charge in [-0.3, -0.25) is 14.3 Å². The minimum atomic E-state index is -0.390. The fraction of sp³-hybridized carbons (Fsp3) is 0.158. The molecule has 2 aromatic heterocycles. The number of hydrogen-bond acceptors (Lipinski definition) is 5. The molecule has 0 aliphatic heterocycles. The predicted octanol–water partition coefficient (Wildman–Crippen LogP) is 4.03. The van der Waals surface area contributed by atoms with Crippen LogP contribution in [0.5, 0.6) is 0 Å². The minimum absolute atomic E-state index is 0.0892. The molecule has 0 saturated heterocycles. The summed E-state index contributed by atoms with van der Waals surface area (Å²) in [7, 11) is 0. The van der Waals surface area contributed by atoms with Gasteiger partial charge < -0.3 is 0 Å². The molecule has 0 fully saturated rings. The Morgan fingerprint density at radius 1 is 1.23 bits per heavy atom. The number of thioether (sulfide) groups is 1. The SMILES string of the molecule is C=CCn1c(S[C@H](C)C(=O)c2ccc(F)cc2)nnc1-c1ccncc1. The number of pyridine rings is 1. The van der Waals surface area contributed by atoms with Gasteiger partial charge in [-0.25, -0.2) is 4.39 Å². The molecule has 0 aliphatic rings. The normalized spacial score (nSPS) is 11.9. The van der Waals surface area contributed by atoms with E-state index in [1.165, 1.54) is 36.0 Å². The Labute approximate surface area is 155 Å². The smallest absolute Gasteiger partial charge is 0.192 e. The number of benzene rings is 1. The largest absolute Gasteiger partial charge is 0.298 e. The summed E-state index contributed by atoms with van der Waals surface area (Å²) < 4.78 is 15.0. The fourth-order valence-corrected chi connectivity index (χ4v) is 3.38. The van der Waals surface area contributed by atoms with E-state index in [9.17, 15) is 9.18 Å². The standard InChI is InChI=1S/C19H17FN4OS/c1-3-12-24-18(15-8-10-21-11-9-15)22-23-19(24)26-13(2)17(25)14-4-6-16(20)7-5-14/h3-11,13H,1,12H2,2H3/t13-/m1/s1. The van der Waals surface area contributed by atoms with Crippen molar-refractivity contribution < 1.29 is 9.18 Å². The number of rotatable bonds is 7. The summed E-state index contributed by atoms with van der Waals surface area (Å²) >= 11 is 1.32. The lowest BCUT2D eigenvalue weighted by Crippen LogP contribution is -2.15. The number of carbonyl (C=O) groups is 1. The van der Waals surface area contributed by atoms with Gasteiger partial charge in [-0.2, -0.15) is 0 Å². The number of halogens is 1. The van der Waals surface area contributed by atoms with E-state index < -0.39 is 5.25 Å². The molecule has 0 N–H and O–H groups in total. The van der Waals surface area contributed by atoms with Gasteiger partial charge >= 0.3 is 0 Å². The van der Waals surface area contributed by atoms with Crippen molar-refractivity contribution >= 4 is 17.5 Å². The third-order valence-electron chi connectivity index (χ3n) is 3.75. The van der Waals surface area contributed by atoms with Crippen molar-refractivity contribution in [1.29, 1.82) is 0 Å². The molecule has 3 rings (SSSR count). The summed E-state index contributed by atoms with van der Waals surface area (Å²) in [4.78, 5) is 16.6. The van der Waals surface area contributed by atoms with E-state index in [1.54, 1.807) is 25.4 Å². The molecule has 0 unspecified atom stereocenters. The molecule has 0 saturated carbocycles. The maximum Gasteiger partial charge on any atom is 0.192 e. The Kier molecular flexibility index (Phi) is 5.58. The molecular formula is C19H17FN4OS. The van der Waals surface area contributed by atoms with Crippen LogP contribution in [0, 0.1) is 5.82 Å². The van der Waals surface area contributed by atoms with Gasteiger partial charge in [-0.1, -0.05) is 17.8 Å². The first kappa shape index (κ1) is 18.0. The van der Waals surface area contributed by atoms with Gasteiger partial charge in [0.25, 0.3) is 0 Å². The Bertz CT molecular complexity index is 909. The van der Waals surface area contributed by atoms with E-state index in [0.717, 1.165) is 5.56 Å². The van der Waals surface area contributed by atoms with E-state index in [-0.39, 0.29) is 11.6 Å². The lowest BCUT2D eigenvalue weighted by Gasteiger charge is -2.12. The molecule has 5 nitrogen and oxygen atoms in total. The van der Waals surface area contributed by atoms with Crippen LogP contribution >= 0.6 is 11.8 Å². The number of ketones is 1. The molecule has 0 spiro atoms. The molecule has 7 heteroatoms. The monoisotopic (exact) mass is 368 g/mol. The van der Waals surface area contributed by atoms with E-state index >= 15 is 0 Å². The predicted molar refractivity (Wildman–Crippen MR) is 99.5 cm³/mol. The molecule has 26 heavy (non-hydrogen) atoms. The van der Waals surface area contributed by atoms with Crippen LogP contribution in [0.4, 0.5) is 4.39 Å². The molecule has 0 radical (unpaired) electrons. The van der Waals surface area contributed by atoms with Gasteiger partial charge in [0, 0.05) is 30.1 Å². The molecule has 132 valence electrons. The molecule has 3 aromatic rings. The van der Waals surface area contributed by atoms with Crippen LogP contribution in [0.2, 0.25) is 0 Å². The summed E-state index contributed by atoms with van der Waals surface area (Å²) in [5.41, 5.74) is 1.36. The van der Waals surface area contributed by atoms with Crippen molar-refractivity contribution in [3.63, 3.8) is 0 Å². The van der Waals surface area contributed by atoms with Gasteiger partial charge in [0.15, 0.2) is 16.8 Å². The number of carbonyl (C=O) groups excluding carboxylic acids is 1. The molecule has 2 heterocycles. The summed E-state index contributed by atoms with van der Waals surface area (Å²) in [6.07, 6.45) is 5.14. The van der Waals surface area contributed by atoms with Gasteiger partial charge in [0.2, 0.25) is 0 Å². The first-order chi connectivity index (χ1) is 12.6. The average molecular weight is 368 g/mol. The zero-order valence-electron chi connectivity index (χ0n) is 14.2. The Morgan fingerprint density at radius 3 is 2.58 bits per heavy atom. The minimum Gasteiger partial charge on any atom is -0.298 e. The molecule has 1 aromatic carbocycles. The summed E-state index contributed by atoms with van der Waals surface area (Å²) in [5, 5.41) is 8.73. The number of nitrogens with zero attached hydrogens (tertiary/aromatic N) is 4. The Morgan fingerprint density at radius 2 is 1.92 bits per heavy atom. The van der Waals surface area contributed by atoms with Crippen LogP contribution in [-0.4, -0.2) is 30.8 Å². The van der Waals surface area contributed by atoms with Crippen molar-refractivity contribution in [3.05, 3.63) is 72.8 Å². The van der Waals surface area contributed by atoms with E-state index in [2.05, 4.69) is 21.8 Å². The Hall–Kier alpha value is -2.80. The Balaban J connectivity index is 1.85. The molecular weight excluding hydrogens is 351 g/mol. The van der Waals surface area contributed by atoms with Crippen molar-refractivity contribution in [1.82, 2.24) is 19.7 Å². The molecule has 0 amide bonds. The zero-order valence-corrected chi connectivity index (χ0v) is 15.0. The van der Waals surface area contributed by atoms with Crippen molar-refractivity contribution in [2.75, 3.05) is 0 Å². The second-order valence-corrected chi connectivity index (χ2v) is 6.88.